The number of aryl methyl sites for hydroxylation is 1. The Morgan fingerprint density at radius 3 is 2.76 bits per heavy atom. The molecule has 2 aromatic carbocycles. The molecule has 5 nitrogen and oxygen atoms in total. The molecule has 0 aliphatic carbocycles. The fourth-order valence-corrected chi connectivity index (χ4v) is 3.60. The number of hydrogen-bond donors (Lipinski definition) is 1. The molecule has 1 aliphatic rings. The number of hydrogen-bond acceptors (Lipinski definition) is 3. The molecule has 3 aromatic rings. The number of para-hydroxylation sites is 2. The summed E-state index contributed by atoms with van der Waals surface area (Å²) in [5.41, 5.74) is 3.13. The Balaban J connectivity index is 1.61. The lowest BCUT2D eigenvalue weighted by Crippen LogP contribution is -2.49. The van der Waals surface area contributed by atoms with Gasteiger partial charge in [-0.05, 0) is 24.6 Å². The molecule has 0 radical (unpaired) electrons. The highest BCUT2D eigenvalue weighted by Gasteiger charge is 2.28. The molecular formula is C20H22N4O. The Hall–Kier alpha value is -2.66. The van der Waals surface area contributed by atoms with Gasteiger partial charge in [-0.1, -0.05) is 42.5 Å². The van der Waals surface area contributed by atoms with E-state index in [-0.39, 0.29) is 11.9 Å². The second-order valence-electron chi connectivity index (χ2n) is 6.45. The van der Waals surface area contributed by atoms with E-state index in [4.69, 9.17) is 0 Å². The summed E-state index contributed by atoms with van der Waals surface area (Å²) in [6.45, 7) is 4.64. The molecule has 2 heterocycles. The number of piperazine rings is 1. The molecule has 0 saturated carbocycles. The summed E-state index contributed by atoms with van der Waals surface area (Å²) in [5.74, 6) is 1.02. The predicted molar refractivity (Wildman–Crippen MR) is 98.2 cm³/mol. The zero-order chi connectivity index (χ0) is 17.2. The topological polar surface area (TPSA) is 50.2 Å². The van der Waals surface area contributed by atoms with Gasteiger partial charge in [-0.2, -0.15) is 0 Å². The molecule has 0 unspecified atom stereocenters. The van der Waals surface area contributed by atoms with Gasteiger partial charge in [-0.15, -0.1) is 0 Å². The number of carbonyl (C=O) groups excluding carboxylic acids is 1. The van der Waals surface area contributed by atoms with Crippen LogP contribution in [0.5, 0.6) is 0 Å². The number of carbonyl (C=O) groups is 1. The van der Waals surface area contributed by atoms with Crippen LogP contribution in [0.1, 0.15) is 17.4 Å². The highest BCUT2D eigenvalue weighted by Crippen LogP contribution is 2.23. The number of nitrogens with zero attached hydrogens (tertiary/aromatic N) is 3. The Labute approximate surface area is 147 Å². The first-order valence-corrected chi connectivity index (χ1v) is 8.71. The lowest BCUT2D eigenvalue weighted by atomic mass is 10.0. The Kier molecular flexibility index (Phi) is 4.24. The Bertz CT molecular complexity index is 887. The van der Waals surface area contributed by atoms with Gasteiger partial charge in [0, 0.05) is 19.6 Å². The first-order chi connectivity index (χ1) is 12.2. The van der Waals surface area contributed by atoms with Crippen molar-refractivity contribution < 1.29 is 4.79 Å². The van der Waals surface area contributed by atoms with E-state index in [0.29, 0.717) is 6.54 Å². The molecule has 1 aromatic heterocycles. The normalized spacial score (nSPS) is 17.8. The molecule has 1 saturated heterocycles. The lowest BCUT2D eigenvalue weighted by Gasteiger charge is -2.36. The zero-order valence-corrected chi connectivity index (χ0v) is 14.4. The third-order valence-corrected chi connectivity index (χ3v) is 4.89. The quantitative estimate of drug-likeness (QED) is 0.801. The van der Waals surface area contributed by atoms with E-state index >= 15 is 0 Å². The van der Waals surface area contributed by atoms with E-state index < -0.39 is 0 Å². The molecule has 5 heteroatoms. The van der Waals surface area contributed by atoms with Crippen LogP contribution in [0.15, 0.2) is 54.6 Å². The lowest BCUT2D eigenvalue weighted by molar-refractivity contribution is -0.135. The first-order valence-electron chi connectivity index (χ1n) is 8.71. The Morgan fingerprint density at radius 2 is 1.92 bits per heavy atom. The van der Waals surface area contributed by atoms with Crippen molar-refractivity contribution in [2.24, 2.45) is 0 Å². The van der Waals surface area contributed by atoms with Crippen LogP contribution >= 0.6 is 0 Å². The van der Waals surface area contributed by atoms with Gasteiger partial charge in [0.05, 0.1) is 17.1 Å². The fourth-order valence-electron chi connectivity index (χ4n) is 3.60. The smallest absolute Gasteiger partial charge is 0.243 e. The number of rotatable bonds is 3. The predicted octanol–water partition coefficient (Wildman–Crippen LogP) is 2.52. The van der Waals surface area contributed by atoms with Crippen LogP contribution in [0.3, 0.4) is 0 Å². The van der Waals surface area contributed by atoms with Gasteiger partial charge in [0.15, 0.2) is 0 Å². The van der Waals surface area contributed by atoms with Gasteiger partial charge in [-0.25, -0.2) is 4.98 Å². The van der Waals surface area contributed by atoms with E-state index in [0.717, 1.165) is 36.5 Å². The summed E-state index contributed by atoms with van der Waals surface area (Å²) in [6.07, 6.45) is 0. The number of aromatic nitrogens is 2. The maximum Gasteiger partial charge on any atom is 0.243 e. The number of amides is 1. The summed E-state index contributed by atoms with van der Waals surface area (Å²) in [6, 6.07) is 18.3. The molecule has 0 bridgehead atoms. The second kappa shape index (κ2) is 6.69. The van der Waals surface area contributed by atoms with E-state index in [1.807, 2.05) is 58.9 Å². The first kappa shape index (κ1) is 15.8. The second-order valence-corrected chi connectivity index (χ2v) is 6.45. The van der Waals surface area contributed by atoms with Crippen molar-refractivity contribution in [2.75, 3.05) is 19.6 Å². The maximum absolute atomic E-state index is 13.1. The summed E-state index contributed by atoms with van der Waals surface area (Å²) in [5, 5.41) is 3.41. The minimum atomic E-state index is 0.0811. The molecule has 4 rings (SSSR count). The molecule has 1 fully saturated rings. The largest absolute Gasteiger partial charge is 0.332 e. The van der Waals surface area contributed by atoms with Gasteiger partial charge >= 0.3 is 0 Å². The average Bonchev–Trinajstić information content (AvgIpc) is 2.98. The van der Waals surface area contributed by atoms with Gasteiger partial charge in [0.1, 0.15) is 12.4 Å². The van der Waals surface area contributed by atoms with Crippen LogP contribution in [0.25, 0.3) is 11.0 Å². The standard InChI is InChI=1S/C20H22N4O/c1-15-22-17-9-5-6-10-18(17)24(15)14-20(25)23-12-11-21-13-19(23)16-7-3-2-4-8-16/h2-10,19,21H,11-14H2,1H3/t19-/m1/s1. The van der Waals surface area contributed by atoms with Crippen LogP contribution in [-0.4, -0.2) is 40.0 Å². The van der Waals surface area contributed by atoms with Gasteiger partial charge in [0.25, 0.3) is 0 Å². The molecule has 0 spiro atoms. The molecular weight excluding hydrogens is 312 g/mol. The van der Waals surface area contributed by atoms with E-state index in [9.17, 15) is 4.79 Å². The third kappa shape index (κ3) is 3.03. The molecule has 1 N–H and O–H groups in total. The minimum Gasteiger partial charge on any atom is -0.332 e. The summed E-state index contributed by atoms with van der Waals surface area (Å²) in [7, 11) is 0. The van der Waals surface area contributed by atoms with Crippen molar-refractivity contribution in [1.29, 1.82) is 0 Å². The van der Waals surface area contributed by atoms with Gasteiger partial charge < -0.3 is 14.8 Å². The van der Waals surface area contributed by atoms with Crippen LogP contribution in [0.4, 0.5) is 0 Å². The minimum absolute atomic E-state index is 0.0811. The van der Waals surface area contributed by atoms with Crippen molar-refractivity contribution in [3.8, 4) is 0 Å². The third-order valence-electron chi connectivity index (χ3n) is 4.89. The number of nitrogens with one attached hydrogen (secondary N) is 1. The highest BCUT2D eigenvalue weighted by atomic mass is 16.2. The van der Waals surface area contributed by atoms with Crippen LogP contribution in [-0.2, 0) is 11.3 Å². The SMILES string of the molecule is Cc1nc2ccccc2n1CC(=O)N1CCNC[C@@H]1c1ccccc1. The fraction of sp³-hybridized carbons (Fsp3) is 0.300. The van der Waals surface area contributed by atoms with Crippen molar-refractivity contribution in [2.45, 2.75) is 19.5 Å². The van der Waals surface area contributed by atoms with E-state index in [1.165, 1.54) is 5.56 Å². The number of imidazole rings is 1. The molecule has 1 atom stereocenters. The van der Waals surface area contributed by atoms with E-state index in [1.54, 1.807) is 0 Å². The summed E-state index contributed by atoms with van der Waals surface area (Å²) >= 11 is 0. The maximum atomic E-state index is 13.1. The summed E-state index contributed by atoms with van der Waals surface area (Å²) < 4.78 is 2.02. The number of fused-ring (bicyclic) bond motifs is 1. The van der Waals surface area contributed by atoms with Gasteiger partial charge in [0.2, 0.25) is 5.91 Å². The molecule has 128 valence electrons. The summed E-state index contributed by atoms with van der Waals surface area (Å²) in [4.78, 5) is 19.7. The van der Waals surface area contributed by atoms with E-state index in [2.05, 4.69) is 22.4 Å². The molecule has 1 amide bonds. The molecule has 25 heavy (non-hydrogen) atoms. The zero-order valence-electron chi connectivity index (χ0n) is 14.4. The van der Waals surface area contributed by atoms with Crippen molar-refractivity contribution in [3.63, 3.8) is 0 Å². The van der Waals surface area contributed by atoms with Crippen LogP contribution in [0, 0.1) is 6.92 Å². The Morgan fingerprint density at radius 1 is 1.16 bits per heavy atom. The van der Waals surface area contributed by atoms with Crippen molar-refractivity contribution in [3.05, 3.63) is 66.0 Å². The van der Waals surface area contributed by atoms with Crippen LogP contribution in [0.2, 0.25) is 0 Å². The highest BCUT2D eigenvalue weighted by molar-refractivity contribution is 5.81. The van der Waals surface area contributed by atoms with Gasteiger partial charge in [-0.3, -0.25) is 4.79 Å². The van der Waals surface area contributed by atoms with Crippen molar-refractivity contribution in [1.82, 2.24) is 19.8 Å². The van der Waals surface area contributed by atoms with Crippen LogP contribution < -0.4 is 5.32 Å². The van der Waals surface area contributed by atoms with Crippen molar-refractivity contribution >= 4 is 16.9 Å². The molecule has 1 aliphatic heterocycles. The monoisotopic (exact) mass is 334 g/mol. The number of benzene rings is 2. The average molecular weight is 334 g/mol.